The van der Waals surface area contributed by atoms with Crippen LogP contribution in [0.25, 0.3) is 0 Å². The molecule has 0 aliphatic rings. The average Bonchev–Trinajstić information content (AvgIpc) is 2.68. The van der Waals surface area contributed by atoms with Gasteiger partial charge in [0.25, 0.3) is 0 Å². The van der Waals surface area contributed by atoms with Gasteiger partial charge in [-0.25, -0.2) is 0 Å². The van der Waals surface area contributed by atoms with E-state index in [2.05, 4.69) is 0 Å². The summed E-state index contributed by atoms with van der Waals surface area (Å²) in [6.45, 7) is 0. The third-order valence-electron chi connectivity index (χ3n) is 2.23. The van der Waals surface area contributed by atoms with Crippen molar-refractivity contribution in [2.24, 2.45) is 11.7 Å². The maximum atomic E-state index is 10.9. The van der Waals surface area contributed by atoms with Gasteiger partial charge in [0.15, 0.2) is 0 Å². The van der Waals surface area contributed by atoms with Gasteiger partial charge in [0, 0.05) is 6.42 Å². The fourth-order valence-electron chi connectivity index (χ4n) is 1.35. The van der Waals surface area contributed by atoms with Crippen molar-refractivity contribution < 1.29 is 24.2 Å². The van der Waals surface area contributed by atoms with Crippen LogP contribution in [-0.4, -0.2) is 28.2 Å². The van der Waals surface area contributed by atoms with Gasteiger partial charge in [0.1, 0.15) is 11.8 Å². The van der Waals surface area contributed by atoms with E-state index in [1.54, 1.807) is 12.1 Å². The Morgan fingerprint density at radius 1 is 1.38 bits per heavy atom. The smallest absolute Gasteiger partial charge is 0.320 e. The molecule has 2 atom stereocenters. The number of hydrogen-bond acceptors (Lipinski definition) is 4. The molecule has 6 nitrogen and oxygen atoms in total. The molecule has 88 valence electrons. The van der Waals surface area contributed by atoms with Gasteiger partial charge in [0.05, 0.1) is 12.2 Å². The first-order valence-corrected chi connectivity index (χ1v) is 4.74. The number of rotatable bonds is 6. The summed E-state index contributed by atoms with van der Waals surface area (Å²) < 4.78 is 5.00. The fraction of sp³-hybridized carbons (Fsp3) is 0.400. The van der Waals surface area contributed by atoms with Crippen molar-refractivity contribution >= 4 is 11.9 Å². The normalized spacial score (nSPS) is 14.3. The molecule has 0 saturated carbocycles. The Kier molecular flexibility index (Phi) is 4.07. The van der Waals surface area contributed by atoms with Crippen molar-refractivity contribution in [3.63, 3.8) is 0 Å². The average molecular weight is 227 g/mol. The lowest BCUT2D eigenvalue weighted by atomic mass is 9.96. The lowest BCUT2D eigenvalue weighted by Gasteiger charge is -2.13. The zero-order chi connectivity index (χ0) is 12.1. The van der Waals surface area contributed by atoms with Gasteiger partial charge >= 0.3 is 11.9 Å². The second-order valence-corrected chi connectivity index (χ2v) is 3.50. The molecule has 16 heavy (non-hydrogen) atoms. The fourth-order valence-corrected chi connectivity index (χ4v) is 1.35. The quantitative estimate of drug-likeness (QED) is 0.645. The maximum absolute atomic E-state index is 10.9. The number of carboxylic acid groups (broad SMARTS) is 2. The minimum atomic E-state index is -1.20. The van der Waals surface area contributed by atoms with Gasteiger partial charge in [-0.3, -0.25) is 9.59 Å². The largest absolute Gasteiger partial charge is 0.481 e. The minimum absolute atomic E-state index is 0.120. The molecule has 0 fully saturated rings. The van der Waals surface area contributed by atoms with E-state index in [4.69, 9.17) is 20.4 Å². The summed E-state index contributed by atoms with van der Waals surface area (Å²) in [5.74, 6) is -2.62. The first kappa shape index (κ1) is 12.3. The van der Waals surface area contributed by atoms with Crippen molar-refractivity contribution in [2.75, 3.05) is 0 Å². The minimum Gasteiger partial charge on any atom is -0.481 e. The summed E-state index contributed by atoms with van der Waals surface area (Å²) in [5.41, 5.74) is 5.29. The predicted octanol–water partition coefficient (Wildman–Crippen LogP) is 0.325. The van der Waals surface area contributed by atoms with Crippen LogP contribution in [-0.2, 0) is 16.0 Å². The molecule has 0 radical (unpaired) electrons. The summed E-state index contributed by atoms with van der Waals surface area (Å²) in [6, 6.07) is 2.12. The van der Waals surface area contributed by atoms with Crippen LogP contribution in [0.5, 0.6) is 0 Å². The molecular weight excluding hydrogens is 214 g/mol. The number of aliphatic carboxylic acids is 2. The highest BCUT2D eigenvalue weighted by molar-refractivity contribution is 5.75. The predicted molar refractivity (Wildman–Crippen MR) is 53.8 cm³/mol. The molecule has 0 saturated heterocycles. The number of carboxylic acids is 2. The molecule has 1 aromatic rings. The molecule has 0 aliphatic carbocycles. The zero-order valence-electron chi connectivity index (χ0n) is 8.50. The van der Waals surface area contributed by atoms with Gasteiger partial charge in [-0.05, 0) is 18.6 Å². The van der Waals surface area contributed by atoms with Gasteiger partial charge in [-0.1, -0.05) is 0 Å². The second kappa shape index (κ2) is 5.32. The molecule has 0 aromatic carbocycles. The maximum Gasteiger partial charge on any atom is 0.320 e. The molecule has 6 heteroatoms. The van der Waals surface area contributed by atoms with E-state index >= 15 is 0 Å². The van der Waals surface area contributed by atoms with E-state index in [1.165, 1.54) is 6.26 Å². The van der Waals surface area contributed by atoms with E-state index in [9.17, 15) is 9.59 Å². The van der Waals surface area contributed by atoms with Crippen molar-refractivity contribution in [1.29, 1.82) is 0 Å². The van der Waals surface area contributed by atoms with Crippen molar-refractivity contribution in [1.82, 2.24) is 0 Å². The number of nitrogens with two attached hydrogens (primary N) is 1. The van der Waals surface area contributed by atoms with Crippen molar-refractivity contribution in [2.45, 2.75) is 18.9 Å². The SMILES string of the molecule is N[C@H](C[C@@H](Cc1ccco1)C(=O)O)C(=O)O. The summed E-state index contributed by atoms with van der Waals surface area (Å²) in [5, 5.41) is 17.5. The first-order chi connectivity index (χ1) is 7.50. The molecule has 0 bridgehead atoms. The standard InChI is InChI=1S/C10H13NO5/c11-8(10(14)15)5-6(9(12)13)4-7-2-1-3-16-7/h1-3,6,8H,4-5,11H2,(H,12,13)(H,14,15)/t6-,8-/m1/s1. The Bertz CT molecular complexity index is 359. The van der Waals surface area contributed by atoms with Gasteiger partial charge in [-0.2, -0.15) is 0 Å². The summed E-state index contributed by atoms with van der Waals surface area (Å²) in [4.78, 5) is 21.4. The van der Waals surface area contributed by atoms with E-state index in [-0.39, 0.29) is 12.8 Å². The van der Waals surface area contributed by atoms with Crippen LogP contribution >= 0.6 is 0 Å². The number of carbonyl (C=O) groups is 2. The monoisotopic (exact) mass is 227 g/mol. The second-order valence-electron chi connectivity index (χ2n) is 3.50. The van der Waals surface area contributed by atoms with Crippen LogP contribution in [0.15, 0.2) is 22.8 Å². The van der Waals surface area contributed by atoms with E-state index in [0.717, 1.165) is 0 Å². The molecular formula is C10H13NO5. The lowest BCUT2D eigenvalue weighted by molar-refractivity contribution is -0.143. The highest BCUT2D eigenvalue weighted by Gasteiger charge is 2.25. The summed E-state index contributed by atoms with van der Waals surface area (Å²) in [7, 11) is 0. The Morgan fingerprint density at radius 3 is 2.50 bits per heavy atom. The molecule has 0 amide bonds. The van der Waals surface area contributed by atoms with Gasteiger partial charge in [-0.15, -0.1) is 0 Å². The van der Waals surface area contributed by atoms with Crippen molar-refractivity contribution in [3.05, 3.63) is 24.2 Å². The van der Waals surface area contributed by atoms with Gasteiger partial charge < -0.3 is 20.4 Å². The third kappa shape index (κ3) is 3.39. The number of furan rings is 1. The Morgan fingerprint density at radius 2 is 2.06 bits per heavy atom. The van der Waals surface area contributed by atoms with Crippen molar-refractivity contribution in [3.8, 4) is 0 Å². The molecule has 1 heterocycles. The van der Waals surface area contributed by atoms with Crippen LogP contribution < -0.4 is 5.73 Å². The highest BCUT2D eigenvalue weighted by atomic mass is 16.4. The molecule has 0 unspecified atom stereocenters. The highest BCUT2D eigenvalue weighted by Crippen LogP contribution is 2.14. The molecule has 4 N–H and O–H groups in total. The zero-order valence-corrected chi connectivity index (χ0v) is 8.50. The van der Waals surface area contributed by atoms with Crippen LogP contribution in [0.1, 0.15) is 12.2 Å². The topological polar surface area (TPSA) is 114 Å². The molecule has 0 spiro atoms. The molecule has 1 rings (SSSR count). The Balaban J connectivity index is 2.61. The first-order valence-electron chi connectivity index (χ1n) is 4.74. The Labute approximate surface area is 91.7 Å². The van der Waals surface area contributed by atoms with E-state index in [0.29, 0.717) is 5.76 Å². The number of hydrogen-bond donors (Lipinski definition) is 3. The summed E-state index contributed by atoms with van der Waals surface area (Å²) >= 11 is 0. The van der Waals surface area contributed by atoms with Crippen LogP contribution in [0, 0.1) is 5.92 Å². The van der Waals surface area contributed by atoms with Crippen LogP contribution in [0.2, 0.25) is 0 Å². The third-order valence-corrected chi connectivity index (χ3v) is 2.23. The summed E-state index contributed by atoms with van der Waals surface area (Å²) in [6.07, 6.45) is 1.46. The van der Waals surface area contributed by atoms with Crippen LogP contribution in [0.4, 0.5) is 0 Å². The molecule has 1 aromatic heterocycles. The Hall–Kier alpha value is -1.82. The lowest BCUT2D eigenvalue weighted by Crippen LogP contribution is -2.35. The van der Waals surface area contributed by atoms with Gasteiger partial charge in [0.2, 0.25) is 0 Å². The van der Waals surface area contributed by atoms with E-state index < -0.39 is 23.9 Å². The van der Waals surface area contributed by atoms with E-state index in [1.807, 2.05) is 0 Å². The van der Waals surface area contributed by atoms with Crippen LogP contribution in [0.3, 0.4) is 0 Å². The molecule has 0 aliphatic heterocycles.